The Kier molecular flexibility index (Phi) is 9.40. The van der Waals surface area contributed by atoms with Gasteiger partial charge in [0, 0.05) is 30.4 Å². The topological polar surface area (TPSA) is 132 Å². The molecule has 3 aromatic heterocycles. The quantitative estimate of drug-likeness (QED) is 0.114. The first-order valence-corrected chi connectivity index (χ1v) is 18.1. The van der Waals surface area contributed by atoms with Crippen LogP contribution in [0.15, 0.2) is 146 Å². The Bertz CT molecular complexity index is 2320. The molecule has 6 aromatic rings. The van der Waals surface area contributed by atoms with E-state index in [0.717, 1.165) is 5.56 Å². The number of piperidine rings is 1. The summed E-state index contributed by atoms with van der Waals surface area (Å²) >= 11 is 0. The summed E-state index contributed by atoms with van der Waals surface area (Å²) in [6.45, 7) is 0. The minimum Gasteiger partial charge on any atom is -0.507 e. The summed E-state index contributed by atoms with van der Waals surface area (Å²) in [5.74, 6) is -3.98. The Morgan fingerprint density at radius 3 is 1.87 bits per heavy atom. The number of fused-ring (bicyclic) bond motifs is 1. The van der Waals surface area contributed by atoms with Crippen LogP contribution >= 0.6 is 0 Å². The highest BCUT2D eigenvalue weighted by atomic mass is 16.5. The maximum absolute atomic E-state index is 16.0. The molecule has 10 nitrogen and oxygen atoms in total. The smallest absolute Gasteiger partial charge is 0.235 e. The number of ketones is 2. The monoisotopic (exact) mass is 730 g/mol. The van der Waals surface area contributed by atoms with Gasteiger partial charge in [0.2, 0.25) is 5.91 Å². The van der Waals surface area contributed by atoms with Crippen molar-refractivity contribution in [3.8, 4) is 17.2 Å². The Hall–Kier alpha value is -6.68. The molecule has 2 aliphatic rings. The van der Waals surface area contributed by atoms with Gasteiger partial charge >= 0.3 is 0 Å². The molecule has 0 aliphatic carbocycles. The van der Waals surface area contributed by atoms with Crippen LogP contribution in [0.5, 0.6) is 17.2 Å². The zero-order valence-electron chi connectivity index (χ0n) is 30.2. The van der Waals surface area contributed by atoms with E-state index < -0.39 is 46.9 Å². The van der Waals surface area contributed by atoms with Crippen LogP contribution in [0.2, 0.25) is 0 Å². The van der Waals surface area contributed by atoms with E-state index >= 15 is 9.59 Å². The van der Waals surface area contributed by atoms with Crippen molar-refractivity contribution in [2.45, 2.75) is 29.8 Å². The van der Waals surface area contributed by atoms with Crippen LogP contribution in [0.1, 0.15) is 67.7 Å². The van der Waals surface area contributed by atoms with Crippen molar-refractivity contribution in [2.75, 3.05) is 14.2 Å². The van der Waals surface area contributed by atoms with Crippen LogP contribution in [0.3, 0.4) is 0 Å². The number of para-hydroxylation sites is 1. The third kappa shape index (κ3) is 6.00. The number of amides is 1. The third-order valence-corrected chi connectivity index (χ3v) is 11.2. The Balaban J connectivity index is 1.46. The number of carbonyl (C=O) groups excluding carboxylic acids is 3. The van der Waals surface area contributed by atoms with E-state index in [4.69, 9.17) is 19.4 Å². The SMILES string of the molecule is COc1ccc([C@@H]2[C@@H](c3ccccn3)N3C(=O)[C@H](C(=O)c4ccccc4O)[C@@H](c4ccc(OC)cc4)C[C@]3(c3ccccn3)[C@H]2C(=O)c2ccccn2)cc1. The average Bonchev–Trinajstić information content (AvgIpc) is 3.56. The van der Waals surface area contributed by atoms with Crippen molar-refractivity contribution < 1.29 is 29.0 Å². The van der Waals surface area contributed by atoms with Crippen LogP contribution in [-0.2, 0) is 10.3 Å². The molecule has 0 unspecified atom stereocenters. The number of aromatic hydroxyl groups is 1. The van der Waals surface area contributed by atoms with Gasteiger partial charge in [-0.05, 0) is 90.3 Å². The van der Waals surface area contributed by atoms with Crippen LogP contribution in [0.25, 0.3) is 0 Å². The largest absolute Gasteiger partial charge is 0.507 e. The van der Waals surface area contributed by atoms with Gasteiger partial charge in [-0.25, -0.2) is 0 Å². The normalized spacial score (nSPS) is 23.1. The first-order chi connectivity index (χ1) is 26.9. The van der Waals surface area contributed by atoms with Gasteiger partial charge in [0.25, 0.3) is 0 Å². The Morgan fingerprint density at radius 1 is 0.691 bits per heavy atom. The van der Waals surface area contributed by atoms with E-state index in [0.29, 0.717) is 28.5 Å². The number of nitrogens with zero attached hydrogens (tertiary/aromatic N) is 4. The molecule has 5 heterocycles. The molecule has 0 spiro atoms. The number of aromatic nitrogens is 3. The lowest BCUT2D eigenvalue weighted by Crippen LogP contribution is -2.59. The van der Waals surface area contributed by atoms with Crippen molar-refractivity contribution in [3.63, 3.8) is 0 Å². The predicted molar refractivity (Wildman–Crippen MR) is 204 cm³/mol. The fourth-order valence-electron chi connectivity index (χ4n) is 8.80. The van der Waals surface area contributed by atoms with Gasteiger partial charge in [-0.2, -0.15) is 0 Å². The number of phenols is 1. The predicted octanol–water partition coefficient (Wildman–Crippen LogP) is 7.34. The van der Waals surface area contributed by atoms with Gasteiger partial charge < -0.3 is 19.5 Å². The highest BCUT2D eigenvalue weighted by Crippen LogP contribution is 2.65. The summed E-state index contributed by atoms with van der Waals surface area (Å²) in [4.78, 5) is 62.4. The summed E-state index contributed by atoms with van der Waals surface area (Å²) in [6, 6.07) is 36.4. The first-order valence-electron chi connectivity index (χ1n) is 18.1. The van der Waals surface area contributed by atoms with Crippen molar-refractivity contribution in [2.24, 2.45) is 11.8 Å². The number of ether oxygens (including phenoxy) is 2. The number of benzene rings is 3. The zero-order chi connectivity index (χ0) is 38.1. The van der Waals surface area contributed by atoms with E-state index in [2.05, 4.69) is 4.98 Å². The summed E-state index contributed by atoms with van der Waals surface area (Å²) in [5, 5.41) is 11.0. The number of hydrogen-bond acceptors (Lipinski definition) is 9. The molecule has 0 bridgehead atoms. The number of methoxy groups -OCH3 is 2. The maximum Gasteiger partial charge on any atom is 0.235 e. The van der Waals surface area contributed by atoms with E-state index in [9.17, 15) is 9.90 Å². The molecule has 2 saturated heterocycles. The van der Waals surface area contributed by atoms with Crippen LogP contribution in [-0.4, -0.2) is 56.7 Å². The first kappa shape index (κ1) is 35.4. The molecule has 55 heavy (non-hydrogen) atoms. The molecule has 10 heteroatoms. The molecule has 3 aromatic carbocycles. The molecule has 2 aliphatic heterocycles. The highest BCUT2D eigenvalue weighted by Gasteiger charge is 2.69. The lowest BCUT2D eigenvalue weighted by Gasteiger charge is -2.51. The van der Waals surface area contributed by atoms with Gasteiger partial charge in [0.05, 0.1) is 48.7 Å². The summed E-state index contributed by atoms with van der Waals surface area (Å²) in [7, 11) is 3.16. The minimum atomic E-state index is -1.42. The van der Waals surface area contributed by atoms with E-state index in [1.807, 2.05) is 60.7 Å². The summed E-state index contributed by atoms with van der Waals surface area (Å²) in [6.07, 6.45) is 5.04. The van der Waals surface area contributed by atoms with Crippen LogP contribution in [0, 0.1) is 11.8 Å². The molecule has 0 radical (unpaired) electrons. The third-order valence-electron chi connectivity index (χ3n) is 11.2. The van der Waals surface area contributed by atoms with E-state index in [1.165, 1.54) is 12.1 Å². The molecule has 1 amide bonds. The van der Waals surface area contributed by atoms with Gasteiger partial charge in [-0.1, -0.05) is 54.6 Å². The van der Waals surface area contributed by atoms with E-state index in [1.54, 1.807) is 92.3 Å². The number of rotatable bonds is 10. The van der Waals surface area contributed by atoms with Crippen molar-refractivity contribution in [3.05, 3.63) is 180 Å². The Morgan fingerprint density at radius 2 is 1.29 bits per heavy atom. The molecule has 274 valence electrons. The maximum atomic E-state index is 16.0. The van der Waals surface area contributed by atoms with Gasteiger partial charge in [0.1, 0.15) is 28.9 Å². The van der Waals surface area contributed by atoms with Crippen LogP contribution < -0.4 is 9.47 Å². The van der Waals surface area contributed by atoms with Gasteiger partial charge in [-0.15, -0.1) is 0 Å². The molecular formula is C45H38N4O6. The van der Waals surface area contributed by atoms with Crippen LogP contribution in [0.4, 0.5) is 0 Å². The summed E-state index contributed by atoms with van der Waals surface area (Å²) in [5.41, 5.74) is 1.37. The lowest BCUT2D eigenvalue weighted by atomic mass is 9.62. The lowest BCUT2D eigenvalue weighted by molar-refractivity contribution is -0.149. The van der Waals surface area contributed by atoms with Gasteiger partial charge in [0.15, 0.2) is 11.6 Å². The van der Waals surface area contributed by atoms with Crippen molar-refractivity contribution in [1.82, 2.24) is 19.9 Å². The standard InChI is InChI=1S/C45H38N4O6/c1-54-30-20-16-28(17-21-30)33-27-45(37-15-7-10-26-48-37)40(43(52)35-13-6-9-25-47-35)38(29-18-22-31(55-2)23-19-29)41(34-12-5-8-24-46-34)49(45)44(53)39(33)42(51)32-11-3-4-14-36(32)50/h3-26,33,38-41,50H,27H2,1-2H3/t33-,38+,39+,40-,41-,45+/m1/s1. The average molecular weight is 731 g/mol. The minimum absolute atomic E-state index is 0.0334. The van der Waals surface area contributed by atoms with Crippen molar-refractivity contribution >= 4 is 17.5 Å². The second kappa shape index (κ2) is 14.6. The van der Waals surface area contributed by atoms with Gasteiger partial charge in [-0.3, -0.25) is 29.3 Å². The summed E-state index contributed by atoms with van der Waals surface area (Å²) < 4.78 is 11.0. The number of hydrogen-bond donors (Lipinski definition) is 1. The number of phenolic OH excluding ortho intramolecular Hbond substituents is 1. The number of Topliss-reactive ketones (excluding diaryl/α,β-unsaturated/α-hetero) is 2. The molecule has 8 rings (SSSR count). The molecule has 6 atom stereocenters. The second-order valence-corrected chi connectivity index (χ2v) is 13.8. The fourth-order valence-corrected chi connectivity index (χ4v) is 8.80. The molecule has 2 fully saturated rings. The fraction of sp³-hybridized carbons (Fsp3) is 0.200. The molecule has 0 saturated carbocycles. The number of carbonyl (C=O) groups is 3. The second-order valence-electron chi connectivity index (χ2n) is 13.8. The zero-order valence-corrected chi connectivity index (χ0v) is 30.2. The Labute approximate surface area is 318 Å². The molecular weight excluding hydrogens is 693 g/mol. The molecule has 1 N–H and O–H groups in total. The van der Waals surface area contributed by atoms with Crippen molar-refractivity contribution in [1.29, 1.82) is 0 Å². The number of pyridine rings is 3. The highest BCUT2D eigenvalue weighted by molar-refractivity contribution is 6.13. The van der Waals surface area contributed by atoms with E-state index in [-0.39, 0.29) is 29.2 Å².